The molecule has 0 N–H and O–H groups in total. The van der Waals surface area contributed by atoms with E-state index >= 15 is 0 Å². The maximum absolute atomic E-state index is 12.6. The van der Waals surface area contributed by atoms with Gasteiger partial charge >= 0.3 is 5.97 Å². The lowest BCUT2D eigenvalue weighted by molar-refractivity contribution is -0.166. The predicted octanol–water partition coefficient (Wildman–Crippen LogP) is 9.08. The zero-order valence-electron chi connectivity index (χ0n) is 25.0. The number of benzene rings is 3. The van der Waals surface area contributed by atoms with Gasteiger partial charge < -0.3 is 14.4 Å². The van der Waals surface area contributed by atoms with Crippen LogP contribution in [0.25, 0.3) is 0 Å². The minimum atomic E-state index is -0.492. The molecule has 224 valence electrons. The first-order chi connectivity index (χ1) is 19.6. The summed E-state index contributed by atoms with van der Waals surface area (Å²) >= 11 is 12.0. The minimum absolute atomic E-state index is 0.114. The van der Waals surface area contributed by atoms with Crippen molar-refractivity contribution >= 4 is 35.1 Å². The second kappa shape index (κ2) is 19.2. The predicted molar refractivity (Wildman–Crippen MR) is 166 cm³/mol. The van der Waals surface area contributed by atoms with Crippen molar-refractivity contribution in [1.29, 1.82) is 0 Å². The summed E-state index contributed by atoms with van der Waals surface area (Å²) in [6.07, 6.45) is 0.801. The molecular formula is C33H42Cl2FNO4. The molecule has 1 aliphatic heterocycles. The average molecular weight is 607 g/mol. The fourth-order valence-electron chi connectivity index (χ4n) is 3.83. The molecule has 0 bridgehead atoms. The Kier molecular flexibility index (Phi) is 16.9. The minimum Gasteiger partial charge on any atom is -0.465 e. The van der Waals surface area contributed by atoms with Crippen LogP contribution in [0.3, 0.4) is 0 Å². The van der Waals surface area contributed by atoms with Crippen LogP contribution < -0.4 is 0 Å². The highest BCUT2D eigenvalue weighted by molar-refractivity contribution is 6.30. The van der Waals surface area contributed by atoms with Crippen molar-refractivity contribution in [1.82, 2.24) is 4.90 Å². The van der Waals surface area contributed by atoms with Crippen LogP contribution in [0.2, 0.25) is 10.0 Å². The standard InChI is InChI=1S/C20H19Cl2NO4.C8H9F.C3H8.C2H6/c1-2-26-18(25)11-23-17(24)12-27-20(14-5-9-16(22)10-6-14)19(23)13-3-7-15(21)8-4-13;1-6-3-4-7(2)8(9)5-6;1-3-2;1-2/h3-10,19-20H,2,11-12H2,1H3;3-5H,1-2H3;3H2,1-2H3;1-2H3. The van der Waals surface area contributed by atoms with Crippen LogP contribution in [0.5, 0.6) is 0 Å². The topological polar surface area (TPSA) is 55.8 Å². The normalized spacial score (nSPS) is 15.8. The Hall–Kier alpha value is -2.93. The molecule has 2 unspecified atom stereocenters. The van der Waals surface area contributed by atoms with Gasteiger partial charge in [0.15, 0.2) is 0 Å². The molecule has 0 saturated carbocycles. The molecule has 1 saturated heterocycles. The van der Waals surface area contributed by atoms with Crippen LogP contribution in [-0.2, 0) is 19.1 Å². The van der Waals surface area contributed by atoms with E-state index < -0.39 is 18.1 Å². The van der Waals surface area contributed by atoms with Crippen LogP contribution in [0.15, 0.2) is 66.7 Å². The lowest BCUT2D eigenvalue weighted by Gasteiger charge is -2.41. The second-order valence-corrected chi connectivity index (χ2v) is 9.94. The molecular weight excluding hydrogens is 564 g/mol. The number of morpholine rings is 1. The number of ether oxygens (including phenoxy) is 2. The largest absolute Gasteiger partial charge is 0.465 e. The van der Waals surface area contributed by atoms with Gasteiger partial charge in [0, 0.05) is 10.0 Å². The molecule has 0 radical (unpaired) electrons. The molecule has 8 heteroatoms. The van der Waals surface area contributed by atoms with Crippen molar-refractivity contribution in [2.45, 2.75) is 67.0 Å². The third-order valence-electron chi connectivity index (χ3n) is 5.67. The summed E-state index contributed by atoms with van der Waals surface area (Å²) in [7, 11) is 0. The molecule has 1 amide bonds. The van der Waals surface area contributed by atoms with Gasteiger partial charge in [0.2, 0.25) is 5.91 Å². The Morgan fingerprint density at radius 2 is 1.44 bits per heavy atom. The van der Waals surface area contributed by atoms with E-state index in [1.165, 1.54) is 17.4 Å². The van der Waals surface area contributed by atoms with Crippen molar-refractivity contribution in [2.75, 3.05) is 19.8 Å². The van der Waals surface area contributed by atoms with Gasteiger partial charge in [0.1, 0.15) is 25.1 Å². The molecule has 1 fully saturated rings. The highest BCUT2D eigenvalue weighted by Gasteiger charge is 2.39. The number of halogens is 3. The lowest BCUT2D eigenvalue weighted by atomic mass is 9.92. The zero-order chi connectivity index (χ0) is 30.9. The highest BCUT2D eigenvalue weighted by atomic mass is 35.5. The van der Waals surface area contributed by atoms with Gasteiger partial charge in [0.05, 0.1) is 12.6 Å². The first kappa shape index (κ1) is 36.1. The van der Waals surface area contributed by atoms with E-state index in [2.05, 4.69) is 13.8 Å². The van der Waals surface area contributed by atoms with E-state index in [-0.39, 0.29) is 31.5 Å². The van der Waals surface area contributed by atoms with Crippen molar-refractivity contribution in [3.8, 4) is 0 Å². The second-order valence-electron chi connectivity index (χ2n) is 9.07. The van der Waals surface area contributed by atoms with Crippen LogP contribution in [-0.4, -0.2) is 36.5 Å². The van der Waals surface area contributed by atoms with E-state index in [0.717, 1.165) is 16.7 Å². The Labute approximate surface area is 254 Å². The SMILES string of the molecule is CC.CCC.CCOC(=O)CN1C(=O)COC(c2ccc(Cl)cc2)C1c1ccc(Cl)cc1.Cc1ccc(C)c(F)c1. The molecule has 0 aliphatic carbocycles. The lowest BCUT2D eigenvalue weighted by Crippen LogP contribution is -2.48. The number of rotatable bonds is 5. The first-order valence-corrected chi connectivity index (χ1v) is 14.7. The number of carbonyl (C=O) groups is 2. The van der Waals surface area contributed by atoms with E-state index in [1.54, 1.807) is 44.2 Å². The smallest absolute Gasteiger partial charge is 0.325 e. The van der Waals surface area contributed by atoms with Crippen molar-refractivity contribution in [3.05, 3.63) is 105 Å². The molecule has 3 aromatic carbocycles. The highest BCUT2D eigenvalue weighted by Crippen LogP contribution is 2.40. The van der Waals surface area contributed by atoms with Crippen LogP contribution in [0, 0.1) is 19.7 Å². The number of carbonyl (C=O) groups excluding carboxylic acids is 2. The van der Waals surface area contributed by atoms with Crippen LogP contribution in [0.1, 0.15) is 75.4 Å². The molecule has 1 aliphatic rings. The molecule has 3 aromatic rings. The van der Waals surface area contributed by atoms with E-state index in [4.69, 9.17) is 32.7 Å². The molecule has 2 atom stereocenters. The fraction of sp³-hybridized carbons (Fsp3) is 0.394. The number of hydrogen-bond acceptors (Lipinski definition) is 4. The van der Waals surface area contributed by atoms with Gasteiger partial charge in [-0.25, -0.2) is 4.39 Å². The van der Waals surface area contributed by atoms with Crippen LogP contribution in [0.4, 0.5) is 4.39 Å². The molecule has 0 aromatic heterocycles. The van der Waals surface area contributed by atoms with Crippen LogP contribution >= 0.6 is 23.2 Å². The summed E-state index contributed by atoms with van der Waals surface area (Å²) in [5, 5.41) is 1.19. The number of nitrogens with zero attached hydrogens (tertiary/aromatic N) is 1. The van der Waals surface area contributed by atoms with Crippen molar-refractivity contribution in [2.24, 2.45) is 0 Å². The van der Waals surface area contributed by atoms with Gasteiger partial charge in [-0.15, -0.1) is 0 Å². The fourth-order valence-corrected chi connectivity index (χ4v) is 4.08. The third kappa shape index (κ3) is 11.8. The van der Waals surface area contributed by atoms with Gasteiger partial charge in [0.25, 0.3) is 0 Å². The molecule has 41 heavy (non-hydrogen) atoms. The number of esters is 1. The number of aryl methyl sites for hydroxylation is 2. The summed E-state index contributed by atoms with van der Waals surface area (Å²) in [6, 6.07) is 19.1. The maximum atomic E-state index is 12.6. The summed E-state index contributed by atoms with van der Waals surface area (Å²) in [4.78, 5) is 26.1. The van der Waals surface area contributed by atoms with E-state index in [0.29, 0.717) is 15.6 Å². The zero-order valence-corrected chi connectivity index (χ0v) is 26.6. The van der Waals surface area contributed by atoms with Gasteiger partial charge in [-0.2, -0.15) is 0 Å². The van der Waals surface area contributed by atoms with Gasteiger partial charge in [-0.3, -0.25) is 9.59 Å². The molecule has 5 nitrogen and oxygen atoms in total. The van der Waals surface area contributed by atoms with Gasteiger partial charge in [-0.05, 0) is 73.4 Å². The van der Waals surface area contributed by atoms with Crippen molar-refractivity contribution in [3.63, 3.8) is 0 Å². The summed E-state index contributed by atoms with van der Waals surface area (Å²) < 4.78 is 23.5. The summed E-state index contributed by atoms with van der Waals surface area (Å²) in [6.45, 7) is 13.6. The molecule has 4 rings (SSSR count). The Morgan fingerprint density at radius 3 is 1.90 bits per heavy atom. The number of hydrogen-bond donors (Lipinski definition) is 0. The Bertz CT molecular complexity index is 1200. The third-order valence-corrected chi connectivity index (χ3v) is 6.18. The monoisotopic (exact) mass is 605 g/mol. The van der Waals surface area contributed by atoms with Crippen molar-refractivity contribution < 1.29 is 23.5 Å². The van der Waals surface area contributed by atoms with E-state index in [1.807, 2.05) is 51.1 Å². The Balaban J connectivity index is 0.000000498. The van der Waals surface area contributed by atoms with Gasteiger partial charge in [-0.1, -0.05) is 93.7 Å². The number of amides is 1. The summed E-state index contributed by atoms with van der Waals surface area (Å²) in [5.41, 5.74) is 3.36. The van der Waals surface area contributed by atoms with E-state index in [9.17, 15) is 14.0 Å². The average Bonchev–Trinajstić information content (AvgIpc) is 2.95. The summed E-state index contributed by atoms with van der Waals surface area (Å²) in [5.74, 6) is -0.843. The maximum Gasteiger partial charge on any atom is 0.325 e. The molecule has 1 heterocycles. The Morgan fingerprint density at radius 1 is 0.927 bits per heavy atom. The molecule has 0 spiro atoms. The quantitative estimate of drug-likeness (QED) is 0.272. The first-order valence-electron chi connectivity index (χ1n) is 13.9.